The minimum absolute atomic E-state index is 0.260. The topological polar surface area (TPSA) is 54.2 Å². The van der Waals surface area contributed by atoms with E-state index >= 15 is 0 Å². The van der Waals surface area contributed by atoms with E-state index in [2.05, 4.69) is 47.3 Å². The van der Waals surface area contributed by atoms with Gasteiger partial charge in [0, 0.05) is 19.1 Å². The second kappa shape index (κ2) is 6.54. The predicted molar refractivity (Wildman–Crippen MR) is 97.3 cm³/mol. The Labute approximate surface area is 149 Å². The van der Waals surface area contributed by atoms with Gasteiger partial charge >= 0.3 is 0 Å². The molecule has 134 valence electrons. The molecule has 1 aliphatic carbocycles. The number of piperidine rings is 1. The van der Waals surface area contributed by atoms with Gasteiger partial charge in [-0.3, -0.25) is 4.90 Å². The molecule has 2 heterocycles. The van der Waals surface area contributed by atoms with Crippen LogP contribution in [0, 0.1) is 0 Å². The molecule has 0 spiro atoms. The predicted octanol–water partition coefficient (Wildman–Crippen LogP) is 2.83. The van der Waals surface area contributed by atoms with Crippen molar-refractivity contribution in [2.45, 2.75) is 64.1 Å². The molecule has 0 unspecified atom stereocenters. The summed E-state index contributed by atoms with van der Waals surface area (Å²) in [6.07, 6.45) is 7.37. The zero-order valence-electron chi connectivity index (χ0n) is 15.3. The van der Waals surface area contributed by atoms with Crippen molar-refractivity contribution in [1.29, 1.82) is 0 Å². The summed E-state index contributed by atoms with van der Waals surface area (Å²) in [5.74, 6) is 0. The highest BCUT2D eigenvalue weighted by Gasteiger charge is 2.37. The fourth-order valence-corrected chi connectivity index (χ4v) is 4.19. The summed E-state index contributed by atoms with van der Waals surface area (Å²) in [6, 6.07) is 7.18. The normalized spacial score (nSPS) is 24.0. The fraction of sp³-hybridized carbons (Fsp3) is 0.600. The zero-order valence-corrected chi connectivity index (χ0v) is 15.3. The minimum atomic E-state index is -0.887. The number of hydrogen-bond acceptors (Lipinski definition) is 4. The Morgan fingerprint density at radius 1 is 1.20 bits per heavy atom. The SMILES string of the molecule is CC(C)n1cc([C@@]2(O)CCCN(Cc3ccc4c(c3)CCC4)C2)nn1. The van der Waals surface area contributed by atoms with Crippen LogP contribution >= 0.6 is 0 Å². The maximum atomic E-state index is 11.2. The molecule has 0 bridgehead atoms. The Balaban J connectivity index is 1.48. The van der Waals surface area contributed by atoms with E-state index in [1.165, 1.54) is 36.0 Å². The van der Waals surface area contributed by atoms with Gasteiger partial charge in [0.25, 0.3) is 0 Å². The van der Waals surface area contributed by atoms with Gasteiger partial charge in [0.1, 0.15) is 11.3 Å². The van der Waals surface area contributed by atoms with Crippen molar-refractivity contribution < 1.29 is 5.11 Å². The molecular formula is C20H28N4O. The summed E-state index contributed by atoms with van der Waals surface area (Å²) >= 11 is 0. The van der Waals surface area contributed by atoms with E-state index in [-0.39, 0.29) is 6.04 Å². The van der Waals surface area contributed by atoms with Gasteiger partial charge in [0.15, 0.2) is 0 Å². The van der Waals surface area contributed by atoms with Crippen LogP contribution in [-0.2, 0) is 25.0 Å². The molecule has 2 aliphatic rings. The lowest BCUT2D eigenvalue weighted by Gasteiger charge is -2.38. The van der Waals surface area contributed by atoms with Crippen LogP contribution in [0.1, 0.15) is 61.5 Å². The van der Waals surface area contributed by atoms with Gasteiger partial charge < -0.3 is 5.11 Å². The molecule has 25 heavy (non-hydrogen) atoms. The number of aliphatic hydroxyl groups is 1. The van der Waals surface area contributed by atoms with Crippen molar-refractivity contribution in [3.8, 4) is 0 Å². The molecule has 0 radical (unpaired) electrons. The fourth-order valence-electron chi connectivity index (χ4n) is 4.19. The summed E-state index contributed by atoms with van der Waals surface area (Å²) < 4.78 is 1.83. The van der Waals surface area contributed by atoms with E-state index < -0.39 is 5.60 Å². The largest absolute Gasteiger partial charge is 0.382 e. The second-order valence-corrected chi connectivity index (χ2v) is 7.98. The molecule has 1 saturated heterocycles. The summed E-state index contributed by atoms with van der Waals surface area (Å²) in [7, 11) is 0. The number of rotatable bonds is 4. The highest BCUT2D eigenvalue weighted by atomic mass is 16.3. The highest BCUT2D eigenvalue weighted by Crippen LogP contribution is 2.31. The lowest BCUT2D eigenvalue weighted by atomic mass is 9.89. The number of aromatic nitrogens is 3. The van der Waals surface area contributed by atoms with Crippen molar-refractivity contribution in [2.24, 2.45) is 0 Å². The first-order valence-electron chi connectivity index (χ1n) is 9.51. The second-order valence-electron chi connectivity index (χ2n) is 7.98. The number of hydrogen-bond donors (Lipinski definition) is 1. The number of β-amino-alcohol motifs (C(OH)–C–C–N with tert-alkyl or cyclic N) is 1. The van der Waals surface area contributed by atoms with Gasteiger partial charge in [-0.2, -0.15) is 0 Å². The quantitative estimate of drug-likeness (QED) is 0.930. The van der Waals surface area contributed by atoms with Crippen molar-refractivity contribution >= 4 is 0 Å². The molecule has 0 amide bonds. The molecule has 1 aliphatic heterocycles. The molecular weight excluding hydrogens is 312 g/mol. The third-order valence-electron chi connectivity index (χ3n) is 5.64. The van der Waals surface area contributed by atoms with Crippen molar-refractivity contribution in [1.82, 2.24) is 19.9 Å². The standard InChI is InChI=1S/C20H28N4O/c1-15(2)24-13-19(21-22-24)20(25)9-4-10-23(14-20)12-16-7-8-17-5-3-6-18(17)11-16/h7-8,11,13,15,25H,3-6,9-10,12,14H2,1-2H3/t20-/m1/s1. The Bertz CT molecular complexity index is 754. The van der Waals surface area contributed by atoms with E-state index in [0.717, 1.165) is 25.9 Å². The average molecular weight is 340 g/mol. The minimum Gasteiger partial charge on any atom is -0.382 e. The Hall–Kier alpha value is -1.72. The molecule has 5 nitrogen and oxygen atoms in total. The smallest absolute Gasteiger partial charge is 0.123 e. The van der Waals surface area contributed by atoms with Gasteiger partial charge in [-0.25, -0.2) is 4.68 Å². The third-order valence-corrected chi connectivity index (χ3v) is 5.64. The maximum absolute atomic E-state index is 11.2. The molecule has 1 aromatic carbocycles. The van der Waals surface area contributed by atoms with Crippen molar-refractivity contribution in [2.75, 3.05) is 13.1 Å². The number of likely N-dealkylation sites (tertiary alicyclic amines) is 1. The summed E-state index contributed by atoms with van der Waals surface area (Å²) in [6.45, 7) is 6.69. The Kier molecular flexibility index (Phi) is 4.38. The molecule has 2 aromatic rings. The maximum Gasteiger partial charge on any atom is 0.123 e. The molecule has 1 N–H and O–H groups in total. The third kappa shape index (κ3) is 3.35. The van der Waals surface area contributed by atoms with E-state index in [1.807, 2.05) is 10.9 Å². The first-order valence-corrected chi connectivity index (χ1v) is 9.51. The van der Waals surface area contributed by atoms with Crippen LogP contribution < -0.4 is 0 Å². The average Bonchev–Trinajstić information content (AvgIpc) is 3.24. The van der Waals surface area contributed by atoms with Gasteiger partial charge in [-0.15, -0.1) is 5.10 Å². The van der Waals surface area contributed by atoms with Gasteiger partial charge in [-0.05, 0) is 69.2 Å². The van der Waals surface area contributed by atoms with Crippen LogP contribution in [0.3, 0.4) is 0 Å². The Morgan fingerprint density at radius 2 is 2.04 bits per heavy atom. The Morgan fingerprint density at radius 3 is 2.84 bits per heavy atom. The first kappa shape index (κ1) is 16.7. The van der Waals surface area contributed by atoms with E-state index in [9.17, 15) is 5.11 Å². The first-order chi connectivity index (χ1) is 12.0. The van der Waals surface area contributed by atoms with Crippen LogP contribution in [0.5, 0.6) is 0 Å². The van der Waals surface area contributed by atoms with Crippen LogP contribution in [-0.4, -0.2) is 38.1 Å². The van der Waals surface area contributed by atoms with Crippen LogP contribution in [0.2, 0.25) is 0 Å². The van der Waals surface area contributed by atoms with E-state index in [4.69, 9.17) is 0 Å². The van der Waals surface area contributed by atoms with Gasteiger partial charge in [0.05, 0.1) is 6.20 Å². The molecule has 4 rings (SSSR count). The van der Waals surface area contributed by atoms with Gasteiger partial charge in [-0.1, -0.05) is 23.4 Å². The number of fused-ring (bicyclic) bond motifs is 1. The van der Waals surface area contributed by atoms with Crippen molar-refractivity contribution in [3.05, 3.63) is 46.8 Å². The van der Waals surface area contributed by atoms with Crippen molar-refractivity contribution in [3.63, 3.8) is 0 Å². The zero-order chi connectivity index (χ0) is 17.4. The highest BCUT2D eigenvalue weighted by molar-refractivity contribution is 5.35. The summed E-state index contributed by atoms with van der Waals surface area (Å²) in [5.41, 5.74) is 4.21. The number of aryl methyl sites for hydroxylation is 2. The molecule has 0 saturated carbocycles. The van der Waals surface area contributed by atoms with E-state index in [1.54, 1.807) is 0 Å². The monoisotopic (exact) mass is 340 g/mol. The molecule has 1 fully saturated rings. The molecule has 1 aromatic heterocycles. The van der Waals surface area contributed by atoms with Crippen LogP contribution in [0.25, 0.3) is 0 Å². The van der Waals surface area contributed by atoms with Crippen LogP contribution in [0.4, 0.5) is 0 Å². The lowest BCUT2D eigenvalue weighted by molar-refractivity contribution is -0.0414. The summed E-state index contributed by atoms with van der Waals surface area (Å²) in [4.78, 5) is 2.36. The molecule has 5 heteroatoms. The lowest BCUT2D eigenvalue weighted by Crippen LogP contribution is -2.45. The van der Waals surface area contributed by atoms with Crippen LogP contribution in [0.15, 0.2) is 24.4 Å². The summed E-state index contributed by atoms with van der Waals surface area (Å²) in [5, 5.41) is 19.6. The van der Waals surface area contributed by atoms with Gasteiger partial charge in [0.2, 0.25) is 0 Å². The molecule has 1 atom stereocenters. The number of nitrogens with zero attached hydrogens (tertiary/aromatic N) is 4. The van der Waals surface area contributed by atoms with E-state index in [0.29, 0.717) is 12.2 Å². The number of benzene rings is 1.